The first-order valence-corrected chi connectivity index (χ1v) is 11.8. The number of benzene rings is 1. The molecular formula is C17H25BrFNO2Si. The smallest absolute Gasteiger partial charge is 0.195 e. The van der Waals surface area contributed by atoms with E-state index in [2.05, 4.69) is 54.7 Å². The van der Waals surface area contributed by atoms with Gasteiger partial charge in [0.1, 0.15) is 11.9 Å². The SMILES string of the molecule is CC(C)(C)[Si](C)(C)O[C@]12CCN(c3ccc(Br)cc3F)C[C@H]1O2. The van der Waals surface area contributed by atoms with E-state index in [1.54, 1.807) is 0 Å². The molecule has 1 aromatic rings. The summed E-state index contributed by atoms with van der Waals surface area (Å²) in [6.07, 6.45) is 0.841. The molecule has 0 aliphatic carbocycles. The molecule has 128 valence electrons. The molecule has 0 saturated carbocycles. The maximum Gasteiger partial charge on any atom is 0.195 e. The molecule has 0 N–H and O–H groups in total. The summed E-state index contributed by atoms with van der Waals surface area (Å²) in [6.45, 7) is 12.7. The number of hydrogen-bond acceptors (Lipinski definition) is 3. The highest BCUT2D eigenvalue weighted by molar-refractivity contribution is 9.10. The zero-order chi connectivity index (χ0) is 17.0. The molecule has 0 spiro atoms. The molecule has 6 heteroatoms. The molecule has 0 unspecified atom stereocenters. The Morgan fingerprint density at radius 3 is 2.65 bits per heavy atom. The zero-order valence-electron chi connectivity index (χ0n) is 14.5. The predicted molar refractivity (Wildman–Crippen MR) is 96.8 cm³/mol. The Bertz CT molecular complexity index is 619. The Morgan fingerprint density at radius 2 is 2.09 bits per heavy atom. The second-order valence-electron chi connectivity index (χ2n) is 8.07. The number of epoxide rings is 1. The van der Waals surface area contributed by atoms with Crippen LogP contribution in [0.5, 0.6) is 0 Å². The maximum absolute atomic E-state index is 14.2. The van der Waals surface area contributed by atoms with Crippen LogP contribution in [-0.4, -0.2) is 33.3 Å². The number of piperidine rings is 1. The number of anilines is 1. The van der Waals surface area contributed by atoms with E-state index in [1.807, 2.05) is 12.1 Å². The summed E-state index contributed by atoms with van der Waals surface area (Å²) < 4.78 is 27.4. The summed E-state index contributed by atoms with van der Waals surface area (Å²) in [4.78, 5) is 2.06. The van der Waals surface area contributed by atoms with E-state index in [1.165, 1.54) is 6.07 Å². The fourth-order valence-electron chi connectivity index (χ4n) is 2.87. The van der Waals surface area contributed by atoms with Crippen LogP contribution < -0.4 is 4.90 Å². The highest BCUT2D eigenvalue weighted by Gasteiger charge is 2.63. The minimum absolute atomic E-state index is 0.0495. The van der Waals surface area contributed by atoms with Crippen LogP contribution in [0.2, 0.25) is 18.1 Å². The largest absolute Gasteiger partial charge is 0.388 e. The van der Waals surface area contributed by atoms with E-state index in [4.69, 9.17) is 9.16 Å². The molecule has 2 heterocycles. The van der Waals surface area contributed by atoms with Crippen molar-refractivity contribution < 1.29 is 13.6 Å². The van der Waals surface area contributed by atoms with Gasteiger partial charge in [0.15, 0.2) is 14.1 Å². The Balaban J connectivity index is 1.69. The Kier molecular flexibility index (Phi) is 4.19. The normalized spacial score (nSPS) is 27.8. The average Bonchev–Trinajstić information content (AvgIpc) is 3.09. The van der Waals surface area contributed by atoms with E-state index in [0.29, 0.717) is 12.2 Å². The van der Waals surface area contributed by atoms with E-state index in [0.717, 1.165) is 17.4 Å². The van der Waals surface area contributed by atoms with Crippen molar-refractivity contribution in [3.63, 3.8) is 0 Å². The highest BCUT2D eigenvalue weighted by Crippen LogP contribution is 2.51. The lowest BCUT2D eigenvalue weighted by Crippen LogP contribution is -2.50. The van der Waals surface area contributed by atoms with Crippen molar-refractivity contribution in [2.75, 3.05) is 18.0 Å². The number of ether oxygens (including phenoxy) is 1. The minimum Gasteiger partial charge on any atom is -0.388 e. The third-order valence-corrected chi connectivity index (χ3v) is 10.3. The van der Waals surface area contributed by atoms with Crippen molar-refractivity contribution in [1.82, 2.24) is 0 Å². The average molecular weight is 402 g/mol. The number of halogens is 2. The van der Waals surface area contributed by atoms with Crippen LogP contribution in [0.3, 0.4) is 0 Å². The summed E-state index contributed by atoms with van der Waals surface area (Å²) in [5.41, 5.74) is 0.643. The predicted octanol–water partition coefficient (Wildman–Crippen LogP) is 4.92. The van der Waals surface area contributed by atoms with Gasteiger partial charge in [0.25, 0.3) is 0 Å². The van der Waals surface area contributed by atoms with Crippen LogP contribution >= 0.6 is 15.9 Å². The Morgan fingerprint density at radius 1 is 1.39 bits per heavy atom. The van der Waals surface area contributed by atoms with E-state index in [-0.39, 0.29) is 17.0 Å². The molecule has 3 nitrogen and oxygen atoms in total. The molecule has 2 atom stereocenters. The molecule has 0 bridgehead atoms. The van der Waals surface area contributed by atoms with Crippen LogP contribution in [0, 0.1) is 5.82 Å². The molecule has 2 aliphatic heterocycles. The number of rotatable bonds is 3. The third-order valence-electron chi connectivity index (χ3n) is 5.38. The molecular weight excluding hydrogens is 377 g/mol. The fourth-order valence-corrected chi connectivity index (χ4v) is 4.65. The third kappa shape index (κ3) is 3.23. The molecule has 2 saturated heterocycles. The summed E-state index contributed by atoms with van der Waals surface area (Å²) in [6, 6.07) is 5.21. The van der Waals surface area contributed by atoms with Gasteiger partial charge in [-0.25, -0.2) is 4.39 Å². The molecule has 0 amide bonds. The van der Waals surface area contributed by atoms with Crippen LogP contribution in [0.4, 0.5) is 10.1 Å². The van der Waals surface area contributed by atoms with Gasteiger partial charge in [-0.05, 0) is 36.3 Å². The van der Waals surface area contributed by atoms with Gasteiger partial charge < -0.3 is 14.1 Å². The van der Waals surface area contributed by atoms with Crippen molar-refractivity contribution in [3.8, 4) is 0 Å². The Labute approximate surface area is 147 Å². The standard InChI is InChI=1S/C17H25BrFNO2Si/c1-16(2,3)23(4,5)22-17-8-9-20(11-15(17)21-17)14-7-6-12(18)10-13(14)19/h6-7,10,15H,8-9,11H2,1-5H3/t15-,17-/m1/s1. The summed E-state index contributed by atoms with van der Waals surface area (Å²) in [7, 11) is -1.87. The van der Waals surface area contributed by atoms with E-state index >= 15 is 0 Å². The van der Waals surface area contributed by atoms with E-state index in [9.17, 15) is 4.39 Å². The summed E-state index contributed by atoms with van der Waals surface area (Å²) in [5, 5.41) is 0.160. The quantitative estimate of drug-likeness (QED) is 0.530. The highest BCUT2D eigenvalue weighted by atomic mass is 79.9. The van der Waals surface area contributed by atoms with Crippen molar-refractivity contribution in [3.05, 3.63) is 28.5 Å². The van der Waals surface area contributed by atoms with E-state index < -0.39 is 14.1 Å². The molecule has 2 aliphatic rings. The first-order chi connectivity index (χ1) is 10.5. The lowest BCUT2D eigenvalue weighted by Gasteiger charge is -2.40. The van der Waals surface area contributed by atoms with Crippen molar-refractivity contribution >= 4 is 29.9 Å². The van der Waals surface area contributed by atoms with Crippen LogP contribution in [0.25, 0.3) is 0 Å². The van der Waals surface area contributed by atoms with Gasteiger partial charge >= 0.3 is 0 Å². The molecule has 3 rings (SSSR count). The second kappa shape index (κ2) is 5.54. The number of fused-ring (bicyclic) bond motifs is 1. The number of nitrogens with zero attached hydrogens (tertiary/aromatic N) is 1. The summed E-state index contributed by atoms with van der Waals surface area (Å²) >= 11 is 3.30. The van der Waals surface area contributed by atoms with Crippen molar-refractivity contribution in [2.24, 2.45) is 0 Å². The maximum atomic E-state index is 14.2. The lowest BCUT2D eigenvalue weighted by molar-refractivity contribution is 0.0410. The Hall–Kier alpha value is -0.433. The van der Waals surface area contributed by atoms with Gasteiger partial charge in [0.05, 0.1) is 5.69 Å². The topological polar surface area (TPSA) is 25.0 Å². The van der Waals surface area contributed by atoms with Gasteiger partial charge in [-0.3, -0.25) is 0 Å². The van der Waals surface area contributed by atoms with Gasteiger partial charge in [-0.1, -0.05) is 36.7 Å². The molecule has 23 heavy (non-hydrogen) atoms. The first kappa shape index (κ1) is 17.4. The molecule has 2 fully saturated rings. The van der Waals surface area contributed by atoms with Crippen LogP contribution in [0.15, 0.2) is 22.7 Å². The van der Waals surface area contributed by atoms with Crippen molar-refractivity contribution in [1.29, 1.82) is 0 Å². The van der Waals surface area contributed by atoms with Gasteiger partial charge in [-0.2, -0.15) is 0 Å². The van der Waals surface area contributed by atoms with Gasteiger partial charge in [0, 0.05) is 24.0 Å². The lowest BCUT2D eigenvalue weighted by atomic mass is 10.1. The van der Waals surface area contributed by atoms with Gasteiger partial charge in [-0.15, -0.1) is 0 Å². The molecule has 0 aromatic heterocycles. The van der Waals surface area contributed by atoms with Crippen LogP contribution in [0.1, 0.15) is 27.2 Å². The second-order valence-corrected chi connectivity index (χ2v) is 13.7. The van der Waals surface area contributed by atoms with Crippen molar-refractivity contribution in [2.45, 2.75) is 57.2 Å². The molecule has 1 aromatic carbocycles. The monoisotopic (exact) mass is 401 g/mol. The van der Waals surface area contributed by atoms with Gasteiger partial charge in [0.2, 0.25) is 0 Å². The minimum atomic E-state index is -1.87. The van der Waals surface area contributed by atoms with Crippen LogP contribution in [-0.2, 0) is 9.16 Å². The zero-order valence-corrected chi connectivity index (χ0v) is 17.0. The molecule has 0 radical (unpaired) electrons. The number of hydrogen-bond donors (Lipinski definition) is 0. The fraction of sp³-hybridized carbons (Fsp3) is 0.647. The summed E-state index contributed by atoms with van der Waals surface area (Å²) in [5.74, 6) is -0.622. The first-order valence-electron chi connectivity index (χ1n) is 8.12.